The Hall–Kier alpha value is -1.62. The summed E-state index contributed by atoms with van der Waals surface area (Å²) in [4.78, 5) is 11.8. The van der Waals surface area contributed by atoms with Crippen molar-refractivity contribution in [1.29, 1.82) is 0 Å². The minimum Gasteiger partial charge on any atom is -0.352 e. The van der Waals surface area contributed by atoms with Gasteiger partial charge in [0.25, 0.3) is 5.91 Å². The number of hydrogen-bond donors (Lipinski definition) is 1. The molecule has 0 saturated heterocycles. The van der Waals surface area contributed by atoms with Gasteiger partial charge in [-0.3, -0.25) is 9.48 Å². The van der Waals surface area contributed by atoms with Crippen LogP contribution < -0.4 is 5.32 Å². The molecule has 0 bridgehead atoms. The zero-order valence-corrected chi connectivity index (χ0v) is 11.6. The van der Waals surface area contributed by atoms with Crippen LogP contribution in [0.2, 0.25) is 0 Å². The Kier molecular flexibility index (Phi) is 4.15. The van der Waals surface area contributed by atoms with Crippen LogP contribution in [0.3, 0.4) is 0 Å². The third kappa shape index (κ3) is 3.43. The van der Waals surface area contributed by atoms with Crippen LogP contribution in [0.25, 0.3) is 0 Å². The number of hydrogen-bond acceptors (Lipinski definition) is 2. The molecule has 0 spiro atoms. The molecular formula is C13H14BrN3O. The predicted octanol–water partition coefficient (Wildman–Crippen LogP) is 2.16. The van der Waals surface area contributed by atoms with E-state index in [1.54, 1.807) is 16.8 Å². The summed E-state index contributed by atoms with van der Waals surface area (Å²) in [6, 6.07) is 7.30. The molecule has 2 rings (SSSR count). The smallest absolute Gasteiger partial charge is 0.251 e. The van der Waals surface area contributed by atoms with E-state index in [-0.39, 0.29) is 5.91 Å². The summed E-state index contributed by atoms with van der Waals surface area (Å²) >= 11 is 3.34. The van der Waals surface area contributed by atoms with Gasteiger partial charge in [-0.25, -0.2) is 0 Å². The van der Waals surface area contributed by atoms with Crippen LogP contribution >= 0.6 is 15.9 Å². The first-order valence-electron chi connectivity index (χ1n) is 5.66. The highest BCUT2D eigenvalue weighted by molar-refractivity contribution is 9.10. The molecule has 0 saturated carbocycles. The maximum atomic E-state index is 11.8. The Labute approximate surface area is 114 Å². The average Bonchev–Trinajstić information content (AvgIpc) is 2.76. The fraction of sp³-hybridized carbons (Fsp3) is 0.231. The number of halogens is 1. The van der Waals surface area contributed by atoms with E-state index in [4.69, 9.17) is 0 Å². The van der Waals surface area contributed by atoms with Gasteiger partial charge in [-0.05, 0) is 36.2 Å². The third-order valence-corrected chi connectivity index (χ3v) is 3.09. The maximum absolute atomic E-state index is 11.8. The number of nitrogens with one attached hydrogen (secondary N) is 1. The lowest BCUT2D eigenvalue weighted by molar-refractivity contribution is 0.0954. The van der Waals surface area contributed by atoms with E-state index < -0.39 is 0 Å². The zero-order chi connectivity index (χ0) is 13.0. The van der Waals surface area contributed by atoms with Gasteiger partial charge in [-0.1, -0.05) is 15.9 Å². The van der Waals surface area contributed by atoms with E-state index in [0.717, 1.165) is 16.5 Å². The fourth-order valence-electron chi connectivity index (χ4n) is 1.62. The predicted molar refractivity (Wildman–Crippen MR) is 73.4 cm³/mol. The maximum Gasteiger partial charge on any atom is 0.251 e. The highest BCUT2D eigenvalue weighted by Crippen LogP contribution is 2.10. The molecule has 0 aliphatic rings. The molecule has 0 aliphatic heterocycles. The van der Waals surface area contributed by atoms with Crippen molar-refractivity contribution in [2.75, 3.05) is 6.54 Å². The van der Waals surface area contributed by atoms with Crippen molar-refractivity contribution in [1.82, 2.24) is 15.1 Å². The van der Waals surface area contributed by atoms with E-state index >= 15 is 0 Å². The van der Waals surface area contributed by atoms with Gasteiger partial charge in [0, 0.05) is 29.8 Å². The molecular weight excluding hydrogens is 294 g/mol. The fourth-order valence-corrected chi connectivity index (χ4v) is 1.89. The van der Waals surface area contributed by atoms with E-state index in [2.05, 4.69) is 26.3 Å². The van der Waals surface area contributed by atoms with Crippen molar-refractivity contribution in [2.45, 2.75) is 6.42 Å². The molecule has 4 nitrogen and oxygen atoms in total. The molecule has 1 heterocycles. The molecule has 1 aromatic heterocycles. The Morgan fingerprint density at radius 3 is 2.72 bits per heavy atom. The normalized spacial score (nSPS) is 10.3. The molecule has 0 fully saturated rings. The zero-order valence-electron chi connectivity index (χ0n) is 10.1. The first-order valence-corrected chi connectivity index (χ1v) is 6.46. The van der Waals surface area contributed by atoms with Gasteiger partial charge in [-0.15, -0.1) is 0 Å². The number of rotatable bonds is 4. The van der Waals surface area contributed by atoms with Crippen LogP contribution in [0.4, 0.5) is 0 Å². The van der Waals surface area contributed by atoms with E-state index in [1.165, 1.54) is 0 Å². The largest absolute Gasteiger partial charge is 0.352 e. The van der Waals surface area contributed by atoms with Gasteiger partial charge < -0.3 is 5.32 Å². The molecule has 1 N–H and O–H groups in total. The van der Waals surface area contributed by atoms with Crippen LogP contribution in [0.5, 0.6) is 0 Å². The van der Waals surface area contributed by atoms with Crippen LogP contribution in [-0.4, -0.2) is 22.2 Å². The van der Waals surface area contributed by atoms with Crippen LogP contribution in [-0.2, 0) is 13.5 Å². The summed E-state index contributed by atoms with van der Waals surface area (Å²) in [6.45, 7) is 0.612. The van der Waals surface area contributed by atoms with E-state index in [0.29, 0.717) is 12.1 Å². The summed E-state index contributed by atoms with van der Waals surface area (Å²) in [5.41, 5.74) is 1.79. The number of nitrogens with zero attached hydrogens (tertiary/aromatic N) is 2. The Morgan fingerprint density at radius 1 is 1.39 bits per heavy atom. The highest BCUT2D eigenvalue weighted by atomic mass is 79.9. The van der Waals surface area contributed by atoms with Crippen molar-refractivity contribution < 1.29 is 4.79 Å². The SMILES string of the molecule is Cn1cc(CCNC(=O)c2ccc(Br)cc2)cn1. The minimum atomic E-state index is -0.0496. The second-order valence-electron chi connectivity index (χ2n) is 4.04. The number of carbonyl (C=O) groups excluding carboxylic acids is 1. The van der Waals surface area contributed by atoms with Gasteiger partial charge in [0.15, 0.2) is 0 Å². The third-order valence-electron chi connectivity index (χ3n) is 2.56. The highest BCUT2D eigenvalue weighted by Gasteiger charge is 2.04. The summed E-state index contributed by atoms with van der Waals surface area (Å²) in [7, 11) is 1.88. The van der Waals surface area contributed by atoms with Gasteiger partial charge in [-0.2, -0.15) is 5.10 Å². The van der Waals surface area contributed by atoms with E-state index in [9.17, 15) is 4.79 Å². The molecule has 94 valence electrons. The van der Waals surface area contributed by atoms with Crippen molar-refractivity contribution >= 4 is 21.8 Å². The van der Waals surface area contributed by atoms with Gasteiger partial charge in [0.2, 0.25) is 0 Å². The molecule has 0 aliphatic carbocycles. The van der Waals surface area contributed by atoms with Crippen molar-refractivity contribution in [3.63, 3.8) is 0 Å². The molecule has 18 heavy (non-hydrogen) atoms. The number of aryl methyl sites for hydroxylation is 1. The van der Waals surface area contributed by atoms with Crippen molar-refractivity contribution in [3.8, 4) is 0 Å². The summed E-state index contributed by atoms with van der Waals surface area (Å²) in [5, 5.41) is 6.97. The first-order chi connectivity index (χ1) is 8.65. The second-order valence-corrected chi connectivity index (χ2v) is 4.95. The number of aromatic nitrogens is 2. The summed E-state index contributed by atoms with van der Waals surface area (Å²) in [6.07, 6.45) is 4.55. The van der Waals surface area contributed by atoms with Crippen LogP contribution in [0.1, 0.15) is 15.9 Å². The van der Waals surface area contributed by atoms with Gasteiger partial charge in [0.1, 0.15) is 0 Å². The molecule has 0 unspecified atom stereocenters. The van der Waals surface area contributed by atoms with Crippen molar-refractivity contribution in [2.24, 2.45) is 7.05 Å². The Balaban J connectivity index is 1.83. The molecule has 5 heteroatoms. The topological polar surface area (TPSA) is 46.9 Å². The Morgan fingerprint density at radius 2 is 2.11 bits per heavy atom. The lowest BCUT2D eigenvalue weighted by Crippen LogP contribution is -2.25. The van der Waals surface area contributed by atoms with Crippen LogP contribution in [0, 0.1) is 0 Å². The minimum absolute atomic E-state index is 0.0496. The lowest BCUT2D eigenvalue weighted by Gasteiger charge is -2.04. The van der Waals surface area contributed by atoms with Gasteiger partial charge >= 0.3 is 0 Å². The molecule has 0 radical (unpaired) electrons. The second kappa shape index (κ2) is 5.82. The molecule has 2 aromatic rings. The molecule has 1 amide bonds. The lowest BCUT2D eigenvalue weighted by atomic mass is 10.2. The molecule has 1 aromatic carbocycles. The van der Waals surface area contributed by atoms with Gasteiger partial charge in [0.05, 0.1) is 6.20 Å². The Bertz CT molecular complexity index is 533. The van der Waals surface area contributed by atoms with Crippen molar-refractivity contribution in [3.05, 3.63) is 52.3 Å². The quantitative estimate of drug-likeness (QED) is 0.941. The number of carbonyl (C=O) groups is 1. The number of benzene rings is 1. The van der Waals surface area contributed by atoms with Crippen LogP contribution in [0.15, 0.2) is 41.1 Å². The number of amides is 1. The standard InChI is InChI=1S/C13H14BrN3O/c1-17-9-10(8-16-17)6-7-15-13(18)11-2-4-12(14)5-3-11/h2-5,8-9H,6-7H2,1H3,(H,15,18). The molecule has 0 atom stereocenters. The average molecular weight is 308 g/mol. The monoisotopic (exact) mass is 307 g/mol. The van der Waals surface area contributed by atoms with E-state index in [1.807, 2.05) is 31.6 Å². The summed E-state index contributed by atoms with van der Waals surface area (Å²) < 4.78 is 2.72. The first kappa shape index (κ1) is 12.8. The summed E-state index contributed by atoms with van der Waals surface area (Å²) in [5.74, 6) is -0.0496.